The lowest BCUT2D eigenvalue weighted by Gasteiger charge is -2.22. The van der Waals surface area contributed by atoms with Gasteiger partial charge in [-0.25, -0.2) is 0 Å². The number of hydrogen-bond acceptors (Lipinski definition) is 3. The Balaban J connectivity index is 3.64. The largest absolute Gasteiger partial charge is 0.395 e. The quantitative estimate of drug-likeness (QED) is 0.642. The zero-order chi connectivity index (χ0) is 11.7. The summed E-state index contributed by atoms with van der Waals surface area (Å²) in [6.07, 6.45) is 5.63. The molecule has 0 radical (unpaired) electrons. The van der Waals surface area contributed by atoms with E-state index < -0.39 is 0 Å². The van der Waals surface area contributed by atoms with Crippen LogP contribution in [0.15, 0.2) is 0 Å². The van der Waals surface area contributed by atoms with Crippen molar-refractivity contribution in [3.8, 4) is 0 Å². The van der Waals surface area contributed by atoms with Gasteiger partial charge >= 0.3 is 0 Å². The molecule has 0 fully saturated rings. The average Bonchev–Trinajstić information content (AvgIpc) is 2.21. The van der Waals surface area contributed by atoms with Crippen molar-refractivity contribution in [2.45, 2.75) is 52.1 Å². The van der Waals surface area contributed by atoms with Gasteiger partial charge in [-0.05, 0) is 44.1 Å². The van der Waals surface area contributed by atoms with Crippen LogP contribution in [0.1, 0.15) is 40.0 Å². The van der Waals surface area contributed by atoms with Crippen molar-refractivity contribution in [1.82, 2.24) is 5.32 Å². The van der Waals surface area contributed by atoms with Crippen LogP contribution < -0.4 is 5.32 Å². The first-order valence-corrected chi connectivity index (χ1v) is 7.35. The van der Waals surface area contributed by atoms with Crippen molar-refractivity contribution in [3.05, 3.63) is 0 Å². The van der Waals surface area contributed by atoms with Gasteiger partial charge in [-0.2, -0.15) is 11.8 Å². The van der Waals surface area contributed by atoms with Crippen LogP contribution >= 0.6 is 11.8 Å². The van der Waals surface area contributed by atoms with Crippen LogP contribution in [0.25, 0.3) is 0 Å². The van der Waals surface area contributed by atoms with Crippen molar-refractivity contribution in [3.63, 3.8) is 0 Å². The maximum atomic E-state index is 9.21. The lowest BCUT2D eigenvalue weighted by atomic mass is 10.0. The first-order valence-electron chi connectivity index (χ1n) is 5.96. The topological polar surface area (TPSA) is 32.3 Å². The summed E-state index contributed by atoms with van der Waals surface area (Å²) in [5.74, 6) is 1.89. The Bertz CT molecular complexity index is 142. The zero-order valence-corrected chi connectivity index (χ0v) is 11.4. The third-order valence-electron chi connectivity index (χ3n) is 2.59. The first-order chi connectivity index (χ1) is 7.10. The van der Waals surface area contributed by atoms with Crippen LogP contribution in [0.4, 0.5) is 0 Å². The van der Waals surface area contributed by atoms with Gasteiger partial charge in [-0.15, -0.1) is 0 Å². The minimum atomic E-state index is 0.257. The minimum Gasteiger partial charge on any atom is -0.395 e. The van der Waals surface area contributed by atoms with Gasteiger partial charge in [0.1, 0.15) is 0 Å². The summed E-state index contributed by atoms with van der Waals surface area (Å²) in [6.45, 7) is 6.98. The molecule has 0 aliphatic rings. The second kappa shape index (κ2) is 9.49. The van der Waals surface area contributed by atoms with Gasteiger partial charge in [0.05, 0.1) is 6.61 Å². The highest BCUT2D eigenvalue weighted by atomic mass is 32.2. The minimum absolute atomic E-state index is 0.257. The number of hydrogen-bond donors (Lipinski definition) is 2. The molecule has 15 heavy (non-hydrogen) atoms. The molecule has 3 heteroatoms. The fraction of sp³-hybridized carbons (Fsp3) is 1.00. The number of rotatable bonds is 9. The highest BCUT2D eigenvalue weighted by Gasteiger charge is 2.10. The smallest absolute Gasteiger partial charge is 0.0585 e. The highest BCUT2D eigenvalue weighted by molar-refractivity contribution is 7.98. The van der Waals surface area contributed by atoms with Crippen LogP contribution in [0.3, 0.4) is 0 Å². The van der Waals surface area contributed by atoms with Gasteiger partial charge in [-0.1, -0.05) is 13.8 Å². The van der Waals surface area contributed by atoms with Crippen molar-refractivity contribution in [1.29, 1.82) is 0 Å². The summed E-state index contributed by atoms with van der Waals surface area (Å²) in [5.41, 5.74) is 0. The summed E-state index contributed by atoms with van der Waals surface area (Å²) in [7, 11) is 0. The molecule has 0 amide bonds. The Labute approximate surface area is 99.2 Å². The van der Waals surface area contributed by atoms with E-state index in [0.717, 1.165) is 18.1 Å². The Morgan fingerprint density at radius 1 is 1.13 bits per heavy atom. The maximum absolute atomic E-state index is 9.21. The van der Waals surface area contributed by atoms with Crippen LogP contribution in [0.5, 0.6) is 0 Å². The third kappa shape index (κ3) is 9.21. The second-order valence-electron chi connectivity index (χ2n) is 4.70. The fourth-order valence-electron chi connectivity index (χ4n) is 1.56. The molecule has 0 saturated heterocycles. The van der Waals surface area contributed by atoms with Crippen LogP contribution in [-0.4, -0.2) is 35.8 Å². The van der Waals surface area contributed by atoms with E-state index in [1.807, 2.05) is 11.8 Å². The van der Waals surface area contributed by atoms with Crippen LogP contribution in [0.2, 0.25) is 0 Å². The molecule has 0 heterocycles. The number of aliphatic hydroxyl groups excluding tert-OH is 1. The Kier molecular flexibility index (Phi) is 9.66. The molecule has 0 aromatic heterocycles. The van der Waals surface area contributed by atoms with Crippen molar-refractivity contribution < 1.29 is 5.11 Å². The van der Waals surface area contributed by atoms with Crippen molar-refractivity contribution >= 4 is 11.8 Å². The van der Waals surface area contributed by atoms with Gasteiger partial charge in [-0.3, -0.25) is 0 Å². The van der Waals surface area contributed by atoms with Gasteiger partial charge in [0.25, 0.3) is 0 Å². The van der Waals surface area contributed by atoms with Gasteiger partial charge in [0, 0.05) is 12.1 Å². The lowest BCUT2D eigenvalue weighted by molar-refractivity contribution is 0.227. The summed E-state index contributed by atoms with van der Waals surface area (Å²) in [4.78, 5) is 0. The fourth-order valence-corrected chi connectivity index (χ4v) is 2.08. The molecule has 2 atom stereocenters. The molecule has 0 spiro atoms. The molecule has 0 aliphatic carbocycles. The standard InChI is InChI=1S/C12H27NOS/c1-10(2)5-6-11(3)13-12(9-14)7-8-15-4/h10-14H,5-9H2,1-4H3. The summed E-state index contributed by atoms with van der Waals surface area (Å²) < 4.78 is 0. The monoisotopic (exact) mass is 233 g/mol. The summed E-state index contributed by atoms with van der Waals surface area (Å²) >= 11 is 1.84. The lowest BCUT2D eigenvalue weighted by Crippen LogP contribution is -2.39. The SMILES string of the molecule is CSCCC(CO)NC(C)CCC(C)C. The molecule has 0 aliphatic heterocycles. The maximum Gasteiger partial charge on any atom is 0.0585 e. The first kappa shape index (κ1) is 15.3. The van der Waals surface area contributed by atoms with E-state index in [2.05, 4.69) is 32.3 Å². The van der Waals surface area contributed by atoms with E-state index in [0.29, 0.717) is 6.04 Å². The Morgan fingerprint density at radius 3 is 2.27 bits per heavy atom. The van der Waals surface area contributed by atoms with E-state index >= 15 is 0 Å². The zero-order valence-electron chi connectivity index (χ0n) is 10.6. The normalized spacial score (nSPS) is 15.6. The predicted octanol–water partition coefficient (Wildman–Crippen LogP) is 2.51. The molecule has 0 aromatic carbocycles. The van der Waals surface area contributed by atoms with Crippen LogP contribution in [0, 0.1) is 5.92 Å². The van der Waals surface area contributed by atoms with E-state index in [4.69, 9.17) is 0 Å². The van der Waals surface area contributed by atoms with E-state index in [1.54, 1.807) is 0 Å². The predicted molar refractivity (Wildman–Crippen MR) is 70.5 cm³/mol. The second-order valence-corrected chi connectivity index (χ2v) is 5.69. The molecule has 0 saturated carbocycles. The number of aliphatic hydroxyl groups is 1. The molecule has 0 bridgehead atoms. The molecular formula is C12H27NOS. The average molecular weight is 233 g/mol. The van der Waals surface area contributed by atoms with E-state index in [1.165, 1.54) is 12.8 Å². The van der Waals surface area contributed by atoms with E-state index in [9.17, 15) is 5.11 Å². The molecule has 2 N–H and O–H groups in total. The Hall–Kier alpha value is 0.270. The Morgan fingerprint density at radius 2 is 1.80 bits per heavy atom. The molecule has 2 nitrogen and oxygen atoms in total. The van der Waals surface area contributed by atoms with Crippen molar-refractivity contribution in [2.24, 2.45) is 5.92 Å². The number of thioether (sulfide) groups is 1. The highest BCUT2D eigenvalue weighted by Crippen LogP contribution is 2.08. The van der Waals surface area contributed by atoms with E-state index in [-0.39, 0.29) is 12.6 Å². The van der Waals surface area contributed by atoms with Gasteiger partial charge in [0.2, 0.25) is 0 Å². The van der Waals surface area contributed by atoms with Crippen LogP contribution in [-0.2, 0) is 0 Å². The number of nitrogens with one attached hydrogen (secondary N) is 1. The molecule has 0 rings (SSSR count). The molecule has 92 valence electrons. The summed E-state index contributed by atoms with van der Waals surface area (Å²) in [5, 5.41) is 12.7. The van der Waals surface area contributed by atoms with Gasteiger partial charge < -0.3 is 10.4 Å². The van der Waals surface area contributed by atoms with Gasteiger partial charge in [0.15, 0.2) is 0 Å². The summed E-state index contributed by atoms with van der Waals surface area (Å²) in [6, 6.07) is 0.797. The third-order valence-corrected chi connectivity index (χ3v) is 3.23. The van der Waals surface area contributed by atoms with Crippen molar-refractivity contribution in [2.75, 3.05) is 18.6 Å². The molecule has 2 unspecified atom stereocenters. The molecular weight excluding hydrogens is 206 g/mol. The molecule has 0 aromatic rings.